The van der Waals surface area contributed by atoms with Gasteiger partial charge in [-0.05, 0) is 19.8 Å². The summed E-state index contributed by atoms with van der Waals surface area (Å²) in [7, 11) is 1.68. The van der Waals surface area contributed by atoms with E-state index in [1.807, 2.05) is 13.8 Å². The standard InChI is InChI=1S/C9H19ClO4S/c1-8(2)14-5-4-13-6-9(3)7-15(10,11)12/h8-9H,4-7H2,1-3H3. The molecule has 0 aliphatic rings. The predicted molar refractivity (Wildman–Crippen MR) is 60.7 cm³/mol. The molecule has 1 atom stereocenters. The summed E-state index contributed by atoms with van der Waals surface area (Å²) in [6.45, 7) is 7.06. The summed E-state index contributed by atoms with van der Waals surface area (Å²) in [5, 5.41) is 0. The molecular weight excluding hydrogens is 240 g/mol. The van der Waals surface area contributed by atoms with Gasteiger partial charge in [0.2, 0.25) is 9.05 Å². The van der Waals surface area contributed by atoms with Crippen LogP contribution in [0.1, 0.15) is 20.8 Å². The lowest BCUT2D eigenvalue weighted by Crippen LogP contribution is -2.17. The van der Waals surface area contributed by atoms with Gasteiger partial charge in [0, 0.05) is 10.7 Å². The van der Waals surface area contributed by atoms with Crippen LogP contribution in [0.4, 0.5) is 0 Å². The van der Waals surface area contributed by atoms with Gasteiger partial charge in [0.15, 0.2) is 0 Å². The number of halogens is 1. The third kappa shape index (κ3) is 12.1. The highest BCUT2D eigenvalue weighted by atomic mass is 35.7. The summed E-state index contributed by atoms with van der Waals surface area (Å²) in [6.07, 6.45) is 0.189. The predicted octanol–water partition coefficient (Wildman–Crippen LogP) is 1.63. The topological polar surface area (TPSA) is 52.6 Å². The molecule has 0 fully saturated rings. The summed E-state index contributed by atoms with van der Waals surface area (Å²) in [5.74, 6) is -0.147. The lowest BCUT2D eigenvalue weighted by molar-refractivity contribution is 0.0131. The molecule has 1 unspecified atom stereocenters. The van der Waals surface area contributed by atoms with E-state index in [0.717, 1.165) is 0 Å². The lowest BCUT2D eigenvalue weighted by Gasteiger charge is -2.11. The Bertz CT molecular complexity index is 251. The Morgan fingerprint density at radius 2 is 1.80 bits per heavy atom. The van der Waals surface area contributed by atoms with Gasteiger partial charge in [0.25, 0.3) is 0 Å². The summed E-state index contributed by atoms with van der Waals surface area (Å²) in [6, 6.07) is 0. The molecule has 0 saturated carbocycles. The number of hydrogen-bond donors (Lipinski definition) is 0. The third-order valence-corrected chi connectivity index (χ3v) is 2.91. The van der Waals surface area contributed by atoms with Gasteiger partial charge >= 0.3 is 0 Å². The van der Waals surface area contributed by atoms with Crippen LogP contribution in [0.2, 0.25) is 0 Å². The minimum absolute atomic E-state index is 0.0560. The zero-order chi connectivity index (χ0) is 11.9. The first-order chi connectivity index (χ1) is 6.81. The van der Waals surface area contributed by atoms with Crippen molar-refractivity contribution in [2.45, 2.75) is 26.9 Å². The molecule has 92 valence electrons. The van der Waals surface area contributed by atoms with Crippen molar-refractivity contribution in [3.63, 3.8) is 0 Å². The van der Waals surface area contributed by atoms with E-state index >= 15 is 0 Å². The molecule has 0 rings (SSSR count). The first kappa shape index (κ1) is 15.2. The second kappa shape index (κ2) is 7.44. The Morgan fingerprint density at radius 3 is 2.27 bits per heavy atom. The molecule has 0 spiro atoms. The van der Waals surface area contributed by atoms with Crippen LogP contribution >= 0.6 is 10.7 Å². The molecule has 0 N–H and O–H groups in total. The summed E-state index contributed by atoms with van der Waals surface area (Å²) in [5.41, 5.74) is 0. The van der Waals surface area contributed by atoms with Crippen molar-refractivity contribution in [3.05, 3.63) is 0 Å². The zero-order valence-corrected chi connectivity index (χ0v) is 11.0. The highest BCUT2D eigenvalue weighted by molar-refractivity contribution is 8.13. The molecule has 0 aliphatic heterocycles. The van der Waals surface area contributed by atoms with Gasteiger partial charge < -0.3 is 9.47 Å². The molecule has 0 radical (unpaired) electrons. The average Bonchev–Trinajstić information content (AvgIpc) is 1.99. The van der Waals surface area contributed by atoms with E-state index in [1.54, 1.807) is 6.92 Å². The molecule has 0 bridgehead atoms. The SMILES string of the molecule is CC(COCCOC(C)C)CS(=O)(=O)Cl. The fraction of sp³-hybridized carbons (Fsp3) is 1.00. The minimum atomic E-state index is -3.42. The van der Waals surface area contributed by atoms with Crippen LogP contribution in [0.15, 0.2) is 0 Å². The van der Waals surface area contributed by atoms with Crippen molar-refractivity contribution in [2.75, 3.05) is 25.6 Å². The average molecular weight is 259 g/mol. The van der Waals surface area contributed by atoms with Crippen LogP contribution in [0.3, 0.4) is 0 Å². The summed E-state index contributed by atoms with van der Waals surface area (Å²) >= 11 is 0. The first-order valence-corrected chi connectivity index (χ1v) is 7.41. The van der Waals surface area contributed by atoms with Crippen molar-refractivity contribution in [1.29, 1.82) is 0 Å². The monoisotopic (exact) mass is 258 g/mol. The molecule has 0 heterocycles. The second-order valence-electron chi connectivity index (χ2n) is 3.81. The Hall–Kier alpha value is 0.160. The maximum Gasteiger partial charge on any atom is 0.232 e. The van der Waals surface area contributed by atoms with E-state index in [9.17, 15) is 8.42 Å². The largest absolute Gasteiger partial charge is 0.379 e. The van der Waals surface area contributed by atoms with Gasteiger partial charge in [-0.25, -0.2) is 8.42 Å². The summed E-state index contributed by atoms with van der Waals surface area (Å²) in [4.78, 5) is 0. The molecule has 4 nitrogen and oxygen atoms in total. The van der Waals surface area contributed by atoms with E-state index in [4.69, 9.17) is 20.2 Å². The zero-order valence-electron chi connectivity index (χ0n) is 9.40. The quantitative estimate of drug-likeness (QED) is 0.491. The maximum atomic E-state index is 10.7. The third-order valence-electron chi connectivity index (χ3n) is 1.56. The van der Waals surface area contributed by atoms with Crippen LogP contribution in [0.5, 0.6) is 0 Å². The Balaban J connectivity index is 3.44. The molecule has 0 aliphatic carbocycles. The Morgan fingerprint density at radius 1 is 1.20 bits per heavy atom. The molecule has 0 saturated heterocycles. The van der Waals surface area contributed by atoms with Crippen molar-refractivity contribution < 1.29 is 17.9 Å². The van der Waals surface area contributed by atoms with Gasteiger partial charge in [0.1, 0.15) is 0 Å². The minimum Gasteiger partial charge on any atom is -0.379 e. The smallest absolute Gasteiger partial charge is 0.232 e. The van der Waals surface area contributed by atoms with Crippen molar-refractivity contribution >= 4 is 19.7 Å². The van der Waals surface area contributed by atoms with Crippen LogP contribution in [0, 0.1) is 5.92 Å². The molecule has 6 heteroatoms. The van der Waals surface area contributed by atoms with Gasteiger partial charge in [-0.2, -0.15) is 0 Å². The molecule has 0 aromatic rings. The number of rotatable bonds is 8. The summed E-state index contributed by atoms with van der Waals surface area (Å²) < 4.78 is 31.9. The molecule has 0 aromatic heterocycles. The highest BCUT2D eigenvalue weighted by Crippen LogP contribution is 2.05. The van der Waals surface area contributed by atoms with Crippen LogP contribution < -0.4 is 0 Å². The van der Waals surface area contributed by atoms with Crippen molar-refractivity contribution in [2.24, 2.45) is 5.92 Å². The van der Waals surface area contributed by atoms with Gasteiger partial charge in [-0.3, -0.25) is 0 Å². The van der Waals surface area contributed by atoms with Crippen LogP contribution in [-0.2, 0) is 18.5 Å². The van der Waals surface area contributed by atoms with E-state index < -0.39 is 9.05 Å². The Labute approximate surface area is 96.3 Å². The van der Waals surface area contributed by atoms with Gasteiger partial charge in [-0.15, -0.1) is 0 Å². The fourth-order valence-corrected chi connectivity index (χ4v) is 2.44. The first-order valence-electron chi connectivity index (χ1n) is 4.93. The highest BCUT2D eigenvalue weighted by Gasteiger charge is 2.12. The van der Waals surface area contributed by atoms with Crippen molar-refractivity contribution in [1.82, 2.24) is 0 Å². The normalized spacial score (nSPS) is 14.5. The maximum absolute atomic E-state index is 10.7. The van der Waals surface area contributed by atoms with Gasteiger partial charge in [-0.1, -0.05) is 6.92 Å². The van der Waals surface area contributed by atoms with E-state index in [-0.39, 0.29) is 17.8 Å². The second-order valence-corrected chi connectivity index (χ2v) is 6.63. The lowest BCUT2D eigenvalue weighted by atomic mass is 10.2. The molecular formula is C9H19ClO4S. The molecule has 0 aromatic carbocycles. The van der Waals surface area contributed by atoms with Crippen molar-refractivity contribution in [3.8, 4) is 0 Å². The molecule has 15 heavy (non-hydrogen) atoms. The Kier molecular flexibility index (Phi) is 7.52. The molecule has 0 amide bonds. The van der Waals surface area contributed by atoms with E-state index in [1.165, 1.54) is 0 Å². The number of hydrogen-bond acceptors (Lipinski definition) is 4. The van der Waals surface area contributed by atoms with E-state index in [0.29, 0.717) is 19.8 Å². The van der Waals surface area contributed by atoms with Gasteiger partial charge in [0.05, 0.1) is 31.7 Å². The van der Waals surface area contributed by atoms with Crippen LogP contribution in [-0.4, -0.2) is 40.1 Å². The number of ether oxygens (including phenoxy) is 2. The van der Waals surface area contributed by atoms with Crippen LogP contribution in [0.25, 0.3) is 0 Å². The van der Waals surface area contributed by atoms with E-state index in [2.05, 4.69) is 0 Å². The fourth-order valence-electron chi connectivity index (χ4n) is 1.02.